The largest absolute Gasteiger partial charge is 0.465 e. The number of ether oxygens (including phenoxy) is 1. The van der Waals surface area contributed by atoms with E-state index in [1.165, 1.54) is 25.3 Å². The van der Waals surface area contributed by atoms with Crippen molar-refractivity contribution in [2.24, 2.45) is 0 Å². The molecule has 1 aromatic heterocycles. The number of benzene rings is 1. The minimum atomic E-state index is -0.732. The lowest BCUT2D eigenvalue weighted by Gasteiger charge is -2.07. The summed E-state index contributed by atoms with van der Waals surface area (Å²) in [6, 6.07) is 5.48. The maximum atomic E-state index is 13.6. The molecule has 0 atom stereocenters. The van der Waals surface area contributed by atoms with Crippen molar-refractivity contribution >= 4 is 40.5 Å². The summed E-state index contributed by atoms with van der Waals surface area (Å²) in [5, 5.41) is 4.06. The molecule has 2 aromatic rings. The van der Waals surface area contributed by atoms with E-state index in [0.29, 0.717) is 0 Å². The van der Waals surface area contributed by atoms with Gasteiger partial charge in [0.25, 0.3) is 5.91 Å². The summed E-state index contributed by atoms with van der Waals surface area (Å²) in [6.45, 7) is 0. The molecule has 0 saturated heterocycles. The molecule has 0 aliphatic carbocycles. The summed E-state index contributed by atoms with van der Waals surface area (Å²) < 4.78 is 18.2. The third kappa shape index (κ3) is 2.81. The van der Waals surface area contributed by atoms with Gasteiger partial charge in [0.15, 0.2) is 0 Å². The van der Waals surface area contributed by atoms with E-state index in [2.05, 4.69) is 10.1 Å². The molecule has 0 spiro atoms. The average Bonchev–Trinajstić information content (AvgIpc) is 2.85. The topological polar surface area (TPSA) is 55.4 Å². The molecule has 0 aliphatic heterocycles. The number of carbonyl (C=O) groups is 2. The molecule has 0 fully saturated rings. The summed E-state index contributed by atoms with van der Waals surface area (Å²) in [7, 11) is 1.24. The van der Waals surface area contributed by atoms with Gasteiger partial charge < -0.3 is 10.1 Å². The first-order valence-corrected chi connectivity index (χ1v) is 6.71. The number of methoxy groups -OCH3 is 1. The molecule has 1 N–H and O–H groups in total. The molecule has 7 heteroatoms. The van der Waals surface area contributed by atoms with Crippen LogP contribution in [0.4, 0.5) is 10.1 Å². The van der Waals surface area contributed by atoms with Crippen molar-refractivity contribution in [3.8, 4) is 0 Å². The van der Waals surface area contributed by atoms with Gasteiger partial charge >= 0.3 is 5.97 Å². The van der Waals surface area contributed by atoms with Crippen molar-refractivity contribution < 1.29 is 18.7 Å². The highest BCUT2D eigenvalue weighted by Crippen LogP contribution is 2.25. The van der Waals surface area contributed by atoms with Gasteiger partial charge in [0.2, 0.25) is 0 Å². The second kappa shape index (κ2) is 6.02. The Labute approximate surface area is 123 Å². The number of amides is 1. The van der Waals surface area contributed by atoms with Gasteiger partial charge in [-0.05, 0) is 23.6 Å². The Balaban J connectivity index is 2.29. The van der Waals surface area contributed by atoms with E-state index < -0.39 is 17.7 Å². The van der Waals surface area contributed by atoms with E-state index in [1.54, 1.807) is 5.38 Å². The number of halogens is 2. The summed E-state index contributed by atoms with van der Waals surface area (Å²) in [5.74, 6) is -2.03. The molecule has 2 rings (SSSR count). The predicted molar refractivity (Wildman–Crippen MR) is 75.0 cm³/mol. The van der Waals surface area contributed by atoms with Crippen molar-refractivity contribution in [1.29, 1.82) is 0 Å². The molecular formula is C13H9ClFNO3S. The molecule has 0 aliphatic rings. The molecular weight excluding hydrogens is 305 g/mol. The van der Waals surface area contributed by atoms with Crippen molar-refractivity contribution in [1.82, 2.24) is 0 Å². The molecule has 20 heavy (non-hydrogen) atoms. The van der Waals surface area contributed by atoms with E-state index in [9.17, 15) is 14.0 Å². The van der Waals surface area contributed by atoms with E-state index in [4.69, 9.17) is 11.6 Å². The number of esters is 1. The zero-order valence-electron chi connectivity index (χ0n) is 10.3. The lowest BCUT2D eigenvalue weighted by Crippen LogP contribution is -2.16. The average molecular weight is 314 g/mol. The third-order valence-corrected chi connectivity index (χ3v) is 3.68. The first-order valence-electron chi connectivity index (χ1n) is 5.45. The molecule has 1 aromatic carbocycles. The van der Waals surface area contributed by atoms with Crippen LogP contribution in [-0.2, 0) is 4.74 Å². The lowest BCUT2D eigenvalue weighted by atomic mass is 10.2. The number of rotatable bonds is 3. The summed E-state index contributed by atoms with van der Waals surface area (Å²) in [6.07, 6.45) is 0. The normalized spacial score (nSPS) is 10.2. The van der Waals surface area contributed by atoms with Crippen LogP contribution in [0.2, 0.25) is 5.02 Å². The fourth-order valence-corrected chi connectivity index (χ4v) is 2.57. The van der Waals surface area contributed by atoms with Crippen molar-refractivity contribution in [2.75, 3.05) is 12.4 Å². The number of anilines is 1. The minimum absolute atomic E-state index is 0.00246. The van der Waals surface area contributed by atoms with Crippen molar-refractivity contribution in [3.63, 3.8) is 0 Å². The molecule has 0 bridgehead atoms. The summed E-state index contributed by atoms with van der Waals surface area (Å²) in [4.78, 5) is 23.7. The first kappa shape index (κ1) is 14.5. The Morgan fingerprint density at radius 3 is 2.75 bits per heavy atom. The van der Waals surface area contributed by atoms with E-state index >= 15 is 0 Å². The number of nitrogens with one attached hydrogen (secondary N) is 1. The zero-order chi connectivity index (χ0) is 14.7. The zero-order valence-corrected chi connectivity index (χ0v) is 11.8. The molecule has 0 saturated carbocycles. The summed E-state index contributed by atoms with van der Waals surface area (Å²) >= 11 is 6.92. The Bertz CT molecular complexity index is 651. The summed E-state index contributed by atoms with van der Waals surface area (Å²) in [5.41, 5.74) is -0.0117. The Morgan fingerprint density at radius 2 is 2.10 bits per heavy atom. The second-order valence-electron chi connectivity index (χ2n) is 3.71. The van der Waals surface area contributed by atoms with Crippen LogP contribution >= 0.6 is 22.9 Å². The van der Waals surface area contributed by atoms with Gasteiger partial charge in [-0.15, -0.1) is 11.3 Å². The van der Waals surface area contributed by atoms with Crippen LogP contribution in [0, 0.1) is 5.82 Å². The van der Waals surface area contributed by atoms with Crippen LogP contribution in [-0.4, -0.2) is 19.0 Å². The third-order valence-electron chi connectivity index (χ3n) is 2.47. The van der Waals surface area contributed by atoms with Gasteiger partial charge in [-0.3, -0.25) is 4.79 Å². The van der Waals surface area contributed by atoms with E-state index in [-0.39, 0.29) is 21.2 Å². The molecule has 1 amide bonds. The molecule has 4 nitrogen and oxygen atoms in total. The highest BCUT2D eigenvalue weighted by atomic mass is 35.5. The Kier molecular flexibility index (Phi) is 4.36. The fraction of sp³-hybridized carbons (Fsp3) is 0.0769. The highest BCUT2D eigenvalue weighted by Gasteiger charge is 2.20. The van der Waals surface area contributed by atoms with Gasteiger partial charge in [-0.1, -0.05) is 17.7 Å². The number of thiophene rings is 1. The maximum Gasteiger partial charge on any atom is 0.350 e. The molecule has 0 radical (unpaired) electrons. The van der Waals surface area contributed by atoms with Crippen LogP contribution in [0.1, 0.15) is 20.0 Å². The van der Waals surface area contributed by atoms with Crippen LogP contribution in [0.5, 0.6) is 0 Å². The maximum absolute atomic E-state index is 13.6. The van der Waals surface area contributed by atoms with Gasteiger partial charge in [-0.2, -0.15) is 0 Å². The minimum Gasteiger partial charge on any atom is -0.465 e. The van der Waals surface area contributed by atoms with E-state index in [1.807, 2.05) is 0 Å². The smallest absolute Gasteiger partial charge is 0.350 e. The van der Waals surface area contributed by atoms with Crippen LogP contribution in [0.25, 0.3) is 0 Å². The van der Waals surface area contributed by atoms with Crippen molar-refractivity contribution in [3.05, 3.63) is 50.9 Å². The van der Waals surface area contributed by atoms with Crippen molar-refractivity contribution in [2.45, 2.75) is 0 Å². The van der Waals surface area contributed by atoms with E-state index in [0.717, 1.165) is 17.4 Å². The first-order chi connectivity index (χ1) is 9.54. The van der Waals surface area contributed by atoms with Gasteiger partial charge in [-0.25, -0.2) is 9.18 Å². The Hall–Kier alpha value is -1.92. The predicted octanol–water partition coefficient (Wildman–Crippen LogP) is 3.58. The Morgan fingerprint density at radius 1 is 1.35 bits per heavy atom. The van der Waals surface area contributed by atoms with Crippen LogP contribution in [0.15, 0.2) is 29.6 Å². The second-order valence-corrected chi connectivity index (χ2v) is 5.03. The highest BCUT2D eigenvalue weighted by molar-refractivity contribution is 7.12. The number of hydrogen-bond acceptors (Lipinski definition) is 4. The lowest BCUT2D eigenvalue weighted by molar-refractivity contribution is 0.0607. The molecule has 0 unspecified atom stereocenters. The van der Waals surface area contributed by atoms with Crippen LogP contribution < -0.4 is 5.32 Å². The molecule has 1 heterocycles. The van der Waals surface area contributed by atoms with Gasteiger partial charge in [0, 0.05) is 0 Å². The quantitative estimate of drug-likeness (QED) is 0.881. The monoisotopic (exact) mass is 313 g/mol. The van der Waals surface area contributed by atoms with Gasteiger partial charge in [0.05, 0.1) is 23.4 Å². The molecule has 104 valence electrons. The SMILES string of the molecule is COC(=O)c1sccc1NC(=O)c1c(F)cccc1Cl. The van der Waals surface area contributed by atoms with Crippen LogP contribution in [0.3, 0.4) is 0 Å². The standard InChI is InChI=1S/C13H9ClFNO3S/c1-19-13(18)11-9(5-6-20-11)16-12(17)10-7(14)3-2-4-8(10)15/h2-6H,1H3,(H,16,17). The number of carbonyl (C=O) groups excluding carboxylic acids is 2. The number of hydrogen-bond donors (Lipinski definition) is 1. The van der Waals surface area contributed by atoms with Gasteiger partial charge in [0.1, 0.15) is 10.7 Å². The fourth-order valence-electron chi connectivity index (χ4n) is 1.56.